The van der Waals surface area contributed by atoms with E-state index in [0.29, 0.717) is 24.7 Å². The van der Waals surface area contributed by atoms with E-state index in [1.165, 1.54) is 4.90 Å². The molecule has 6 nitrogen and oxygen atoms in total. The van der Waals surface area contributed by atoms with E-state index in [2.05, 4.69) is 10.1 Å². The lowest BCUT2D eigenvalue weighted by Gasteiger charge is -2.24. The minimum absolute atomic E-state index is 0.164. The summed E-state index contributed by atoms with van der Waals surface area (Å²) in [5.74, 6) is 1.21. The second kappa shape index (κ2) is 5.81. The molecule has 0 radical (unpaired) electrons. The van der Waals surface area contributed by atoms with Gasteiger partial charge in [0.05, 0.1) is 0 Å². The second-order valence-electron chi connectivity index (χ2n) is 6.92. The Balaban J connectivity index is 2.51. The Morgan fingerprint density at radius 1 is 1.25 bits per heavy atom. The van der Waals surface area contributed by atoms with Gasteiger partial charge in [-0.25, -0.2) is 4.79 Å². The van der Waals surface area contributed by atoms with Gasteiger partial charge in [0.15, 0.2) is 5.82 Å². The summed E-state index contributed by atoms with van der Waals surface area (Å²) in [6, 6.07) is 0. The van der Waals surface area contributed by atoms with Gasteiger partial charge >= 0.3 is 6.09 Å². The lowest BCUT2D eigenvalue weighted by atomic mass is 9.97. The highest BCUT2D eigenvalue weighted by atomic mass is 16.6. The summed E-state index contributed by atoms with van der Waals surface area (Å²) in [7, 11) is 1.69. The van der Waals surface area contributed by atoms with Crippen molar-refractivity contribution < 1.29 is 14.1 Å². The van der Waals surface area contributed by atoms with Crippen LogP contribution in [0, 0.1) is 0 Å². The minimum atomic E-state index is -0.489. The highest BCUT2D eigenvalue weighted by Crippen LogP contribution is 2.19. The molecule has 1 aromatic rings. The first-order chi connectivity index (χ1) is 8.99. The molecule has 1 heterocycles. The van der Waals surface area contributed by atoms with E-state index >= 15 is 0 Å². The minimum Gasteiger partial charge on any atom is -0.444 e. The molecular weight excluding hydrogens is 258 g/mol. The van der Waals surface area contributed by atoms with Crippen LogP contribution in [0.15, 0.2) is 4.52 Å². The van der Waals surface area contributed by atoms with Crippen molar-refractivity contribution in [1.82, 2.24) is 15.0 Å². The van der Waals surface area contributed by atoms with E-state index in [-0.39, 0.29) is 11.5 Å². The summed E-state index contributed by atoms with van der Waals surface area (Å²) in [6.45, 7) is 12.0. The molecule has 0 aliphatic rings. The second-order valence-corrected chi connectivity index (χ2v) is 6.92. The fourth-order valence-corrected chi connectivity index (χ4v) is 1.36. The first-order valence-corrected chi connectivity index (χ1v) is 6.76. The lowest BCUT2D eigenvalue weighted by Crippen LogP contribution is -2.35. The van der Waals surface area contributed by atoms with Gasteiger partial charge in [0.25, 0.3) is 0 Å². The topological polar surface area (TPSA) is 68.5 Å². The van der Waals surface area contributed by atoms with E-state index in [0.717, 1.165) is 0 Å². The summed E-state index contributed by atoms with van der Waals surface area (Å²) in [5.41, 5.74) is -0.654. The van der Waals surface area contributed by atoms with Crippen LogP contribution < -0.4 is 0 Å². The van der Waals surface area contributed by atoms with E-state index < -0.39 is 5.60 Å². The maximum absolute atomic E-state index is 11.8. The number of amides is 1. The monoisotopic (exact) mass is 283 g/mol. The number of carbonyl (C=O) groups excluding carboxylic acids is 1. The molecule has 1 amide bonds. The molecule has 0 unspecified atom stereocenters. The lowest BCUT2D eigenvalue weighted by molar-refractivity contribution is 0.0300. The van der Waals surface area contributed by atoms with Crippen LogP contribution in [0.5, 0.6) is 0 Å². The summed E-state index contributed by atoms with van der Waals surface area (Å²) in [6.07, 6.45) is 0.187. The van der Waals surface area contributed by atoms with Gasteiger partial charge in [-0.05, 0) is 20.8 Å². The molecule has 114 valence electrons. The van der Waals surface area contributed by atoms with Crippen LogP contribution in [0.2, 0.25) is 0 Å². The molecule has 1 rings (SSSR count). The third-order valence-electron chi connectivity index (χ3n) is 2.49. The number of ether oxygens (including phenoxy) is 1. The van der Waals surface area contributed by atoms with E-state index in [4.69, 9.17) is 9.26 Å². The Morgan fingerprint density at radius 2 is 1.85 bits per heavy atom. The molecule has 1 aromatic heterocycles. The average molecular weight is 283 g/mol. The molecule has 0 N–H and O–H groups in total. The number of likely N-dealkylation sites (N-methyl/N-ethyl adjacent to an activating group) is 1. The zero-order chi connectivity index (χ0) is 15.6. The Kier molecular flexibility index (Phi) is 4.78. The number of nitrogens with zero attached hydrogens (tertiary/aromatic N) is 3. The van der Waals surface area contributed by atoms with Crippen molar-refractivity contribution in [3.05, 3.63) is 11.7 Å². The standard InChI is InChI=1S/C14H25N3O3/c1-13(2,3)11-15-10(16-20-11)8-9-17(7)12(18)19-14(4,5)6/h8-9H2,1-7H3. The molecule has 0 saturated carbocycles. The Morgan fingerprint density at radius 3 is 2.30 bits per heavy atom. The van der Waals surface area contributed by atoms with Gasteiger partial charge in [0, 0.05) is 25.4 Å². The third-order valence-corrected chi connectivity index (χ3v) is 2.49. The van der Waals surface area contributed by atoms with Gasteiger partial charge in [0.2, 0.25) is 5.89 Å². The van der Waals surface area contributed by atoms with Crippen LogP contribution in [0.25, 0.3) is 0 Å². The van der Waals surface area contributed by atoms with Crippen molar-refractivity contribution in [2.75, 3.05) is 13.6 Å². The molecule has 0 aromatic carbocycles. The molecule has 0 fully saturated rings. The van der Waals surface area contributed by atoms with Gasteiger partial charge in [-0.3, -0.25) is 0 Å². The zero-order valence-corrected chi connectivity index (χ0v) is 13.5. The fraction of sp³-hybridized carbons (Fsp3) is 0.786. The zero-order valence-electron chi connectivity index (χ0n) is 13.5. The largest absolute Gasteiger partial charge is 0.444 e. The predicted octanol–water partition coefficient (Wildman–Crippen LogP) is 2.78. The van der Waals surface area contributed by atoms with Crippen molar-refractivity contribution in [2.45, 2.75) is 59.0 Å². The first kappa shape index (κ1) is 16.5. The number of rotatable bonds is 3. The van der Waals surface area contributed by atoms with Crippen LogP contribution in [0.1, 0.15) is 53.3 Å². The van der Waals surface area contributed by atoms with Gasteiger partial charge in [-0.2, -0.15) is 4.98 Å². The molecule has 0 atom stereocenters. The van der Waals surface area contributed by atoms with Crippen molar-refractivity contribution in [3.8, 4) is 0 Å². The molecule has 0 saturated heterocycles. The molecule has 6 heteroatoms. The Labute approximate surface area is 120 Å². The van der Waals surface area contributed by atoms with Gasteiger partial charge < -0.3 is 14.2 Å². The van der Waals surface area contributed by atoms with E-state index in [1.54, 1.807) is 7.05 Å². The summed E-state index contributed by atoms with van der Waals surface area (Å²) in [5, 5.41) is 3.92. The summed E-state index contributed by atoms with van der Waals surface area (Å²) < 4.78 is 10.5. The van der Waals surface area contributed by atoms with Crippen molar-refractivity contribution in [2.24, 2.45) is 0 Å². The van der Waals surface area contributed by atoms with Crippen LogP contribution >= 0.6 is 0 Å². The number of aromatic nitrogens is 2. The summed E-state index contributed by atoms with van der Waals surface area (Å²) >= 11 is 0. The number of hydrogen-bond donors (Lipinski definition) is 0. The van der Waals surface area contributed by atoms with Gasteiger partial charge in [-0.15, -0.1) is 0 Å². The third kappa shape index (κ3) is 5.19. The maximum Gasteiger partial charge on any atom is 0.410 e. The maximum atomic E-state index is 11.8. The molecular formula is C14H25N3O3. The van der Waals surface area contributed by atoms with E-state index in [1.807, 2.05) is 41.5 Å². The van der Waals surface area contributed by atoms with E-state index in [9.17, 15) is 4.79 Å². The Hall–Kier alpha value is -1.59. The van der Waals surface area contributed by atoms with Crippen LogP contribution in [-0.2, 0) is 16.6 Å². The van der Waals surface area contributed by atoms with Gasteiger partial charge in [-0.1, -0.05) is 25.9 Å². The quantitative estimate of drug-likeness (QED) is 0.853. The van der Waals surface area contributed by atoms with Crippen molar-refractivity contribution >= 4 is 6.09 Å². The number of carbonyl (C=O) groups is 1. The highest BCUT2D eigenvalue weighted by molar-refractivity contribution is 5.67. The van der Waals surface area contributed by atoms with Crippen LogP contribution in [-0.4, -0.2) is 40.3 Å². The molecule has 0 bridgehead atoms. The first-order valence-electron chi connectivity index (χ1n) is 6.76. The average Bonchev–Trinajstić information content (AvgIpc) is 2.71. The van der Waals surface area contributed by atoms with Crippen molar-refractivity contribution in [3.63, 3.8) is 0 Å². The highest BCUT2D eigenvalue weighted by Gasteiger charge is 2.23. The Bertz CT molecular complexity index is 455. The molecule has 0 aliphatic carbocycles. The predicted molar refractivity (Wildman–Crippen MR) is 75.6 cm³/mol. The van der Waals surface area contributed by atoms with Gasteiger partial charge in [0.1, 0.15) is 5.60 Å². The van der Waals surface area contributed by atoms with Crippen molar-refractivity contribution in [1.29, 1.82) is 0 Å². The molecule has 0 spiro atoms. The van der Waals surface area contributed by atoms with Crippen LogP contribution in [0.4, 0.5) is 4.79 Å². The molecule has 0 aliphatic heterocycles. The SMILES string of the molecule is CN(CCc1noc(C(C)(C)C)n1)C(=O)OC(C)(C)C. The number of hydrogen-bond acceptors (Lipinski definition) is 5. The normalized spacial score (nSPS) is 12.3. The fourth-order valence-electron chi connectivity index (χ4n) is 1.36. The smallest absolute Gasteiger partial charge is 0.410 e. The van der Waals surface area contributed by atoms with Crippen LogP contribution in [0.3, 0.4) is 0 Å². The molecule has 20 heavy (non-hydrogen) atoms. The summed E-state index contributed by atoms with van der Waals surface area (Å²) in [4.78, 5) is 17.6.